The van der Waals surface area contributed by atoms with Crippen LogP contribution in [0.5, 0.6) is 0 Å². The van der Waals surface area contributed by atoms with Crippen molar-refractivity contribution >= 4 is 11.9 Å². The Morgan fingerprint density at radius 2 is 1.23 bits per heavy atom. The molecule has 1 amide bonds. The van der Waals surface area contributed by atoms with Crippen LogP contribution in [0.2, 0.25) is 0 Å². The number of ether oxygens (including phenoxy) is 4. The first-order chi connectivity index (χ1) is 33.1. The number of aliphatic hydroxyl groups is 11. The van der Waals surface area contributed by atoms with Crippen LogP contribution >= 0.6 is 0 Å². The lowest BCUT2D eigenvalue weighted by molar-refractivity contribution is -0.307. The van der Waals surface area contributed by atoms with Gasteiger partial charge >= 0.3 is 5.97 Å². The highest BCUT2D eigenvalue weighted by atomic mass is 16.7. The van der Waals surface area contributed by atoms with Crippen molar-refractivity contribution in [2.24, 2.45) is 23.5 Å². The van der Waals surface area contributed by atoms with E-state index < -0.39 is 153 Å². The molecule has 19 heteroatoms. The lowest BCUT2D eigenvalue weighted by Crippen LogP contribution is -2.62. The molecule has 1 aliphatic carbocycles. The molecule has 19 atom stereocenters. The summed E-state index contributed by atoms with van der Waals surface area (Å²) in [7, 11) is 0. The van der Waals surface area contributed by atoms with Crippen LogP contribution in [0, 0.1) is 17.8 Å². The van der Waals surface area contributed by atoms with E-state index in [9.17, 15) is 65.8 Å². The van der Waals surface area contributed by atoms with Gasteiger partial charge in [-0.2, -0.15) is 0 Å². The molecular weight excluding hydrogens is 913 g/mol. The van der Waals surface area contributed by atoms with Crippen molar-refractivity contribution in [3.8, 4) is 0 Å². The molecule has 0 aromatic heterocycles. The molecule has 0 aromatic carbocycles. The van der Waals surface area contributed by atoms with Crippen molar-refractivity contribution in [3.05, 3.63) is 85.1 Å². The lowest BCUT2D eigenvalue weighted by Gasteiger charge is -2.46. The zero-order chi connectivity index (χ0) is 51.7. The number of hydrogen-bond donors (Lipinski definition) is 13. The molecule has 0 radical (unpaired) electrons. The molecule has 396 valence electrons. The van der Waals surface area contributed by atoms with Gasteiger partial charge in [0.25, 0.3) is 0 Å². The SMILES string of the molecule is C[C@@H]1[C@H](O)[C@@H](C)/C=C/C=C/C=C/C=C/C=C/C=C/C=C/[C@H](O[C@@H]2O[C@H](C)[C@@H](O)[C@H](N)[C@H]2O)C[C@@H]2O[C@](O)(C[C@@H](O)C[C@@H](O)[C@H](O)CC[C@@H](O)C[C@@H](O)CC(=O)O[C@H]1C)C[C@H](O)[C@H]2C(=O)NC1CC(O)C1. The van der Waals surface area contributed by atoms with Gasteiger partial charge < -0.3 is 86.2 Å². The second-order valence-electron chi connectivity index (χ2n) is 19.6. The smallest absolute Gasteiger partial charge is 0.308 e. The van der Waals surface area contributed by atoms with E-state index in [1.54, 1.807) is 75.5 Å². The van der Waals surface area contributed by atoms with E-state index in [1.165, 1.54) is 0 Å². The van der Waals surface area contributed by atoms with Crippen molar-refractivity contribution in [3.63, 3.8) is 0 Å². The van der Waals surface area contributed by atoms with Gasteiger partial charge in [-0.05, 0) is 46.0 Å². The van der Waals surface area contributed by atoms with Gasteiger partial charge in [-0.15, -0.1) is 0 Å². The van der Waals surface area contributed by atoms with Crippen LogP contribution in [0.3, 0.4) is 0 Å². The predicted molar refractivity (Wildman–Crippen MR) is 257 cm³/mol. The second-order valence-corrected chi connectivity index (χ2v) is 19.6. The second kappa shape index (κ2) is 28.7. The number of hydrogen-bond acceptors (Lipinski definition) is 18. The number of esters is 1. The quantitative estimate of drug-likeness (QED) is 0.168. The molecule has 3 aliphatic heterocycles. The van der Waals surface area contributed by atoms with E-state index in [0.29, 0.717) is 12.8 Å². The number of carbonyl (C=O) groups excluding carboxylic acids is 2. The first-order valence-corrected chi connectivity index (χ1v) is 24.5. The number of nitrogens with two attached hydrogens (primary N) is 1. The van der Waals surface area contributed by atoms with Gasteiger partial charge in [-0.1, -0.05) is 98.9 Å². The molecular formula is C51H80N2O17. The maximum absolute atomic E-state index is 13.8. The summed E-state index contributed by atoms with van der Waals surface area (Å²) in [5.74, 6) is -5.68. The number of allylic oxidation sites excluding steroid dienone is 12. The van der Waals surface area contributed by atoms with Crippen LogP contribution < -0.4 is 11.1 Å². The van der Waals surface area contributed by atoms with Gasteiger partial charge in [0.2, 0.25) is 5.91 Å². The molecule has 19 nitrogen and oxygen atoms in total. The van der Waals surface area contributed by atoms with Crippen molar-refractivity contribution in [1.29, 1.82) is 0 Å². The number of nitrogens with one attached hydrogen (secondary N) is 1. The normalized spacial score (nSPS) is 46.1. The summed E-state index contributed by atoms with van der Waals surface area (Å²) in [4.78, 5) is 26.5. The van der Waals surface area contributed by atoms with Crippen LogP contribution in [0.1, 0.15) is 91.9 Å². The molecule has 70 heavy (non-hydrogen) atoms. The Morgan fingerprint density at radius 1 is 0.643 bits per heavy atom. The standard InChI is InChI=1S/C51H80N2O17/c1-29-17-15-13-11-9-7-5-6-8-10-12-14-16-18-38(69-50-48(64)45(52)47(63)32(4)68-50)26-42-44(49(65)53-33-21-35(55)22-33)41(60)28-51(66,70-42)27-37(57)24-40(59)39(58)20-19-34(54)23-36(56)25-43(61)67-31(3)30(2)46(29)62/h5-18,29-42,44-48,50,54-60,62-64,66H,19-28,52H2,1-4H3,(H,53,65)/b6-5+,9-7+,10-8+,13-11+,14-12+,17-15+,18-16+/t29-,30-,31-,32+,33?,34+,35?,36+,37-,38-,39+,40+,41-,42-,44+,45-,46+,47+,48+,50-,51+/m0/s1. The number of aliphatic hydroxyl groups excluding tert-OH is 10. The van der Waals surface area contributed by atoms with Gasteiger partial charge in [0.15, 0.2) is 12.1 Å². The average molecular weight is 993 g/mol. The van der Waals surface area contributed by atoms with Crippen LogP contribution in [-0.2, 0) is 28.5 Å². The molecule has 0 unspecified atom stereocenters. The Labute approximate surface area is 411 Å². The molecule has 14 N–H and O–H groups in total. The topological polar surface area (TPSA) is 332 Å². The highest BCUT2D eigenvalue weighted by Crippen LogP contribution is 2.39. The van der Waals surface area contributed by atoms with Crippen LogP contribution in [0.15, 0.2) is 85.1 Å². The Morgan fingerprint density at radius 3 is 1.83 bits per heavy atom. The van der Waals surface area contributed by atoms with Gasteiger partial charge in [0, 0.05) is 43.6 Å². The number of carbonyl (C=O) groups is 2. The summed E-state index contributed by atoms with van der Waals surface area (Å²) < 4.78 is 23.7. The van der Waals surface area contributed by atoms with Gasteiger partial charge in [-0.25, -0.2) is 0 Å². The van der Waals surface area contributed by atoms with E-state index in [4.69, 9.17) is 24.7 Å². The maximum atomic E-state index is 13.8. The fourth-order valence-corrected chi connectivity index (χ4v) is 8.99. The van der Waals surface area contributed by atoms with Crippen LogP contribution in [0.25, 0.3) is 0 Å². The number of amides is 1. The summed E-state index contributed by atoms with van der Waals surface area (Å²) in [6, 6.07) is -1.52. The Bertz CT molecular complexity index is 1820. The number of rotatable bonds is 4. The van der Waals surface area contributed by atoms with E-state index in [1.807, 2.05) is 37.3 Å². The summed E-state index contributed by atoms with van der Waals surface area (Å²) in [6.45, 7) is 6.78. The summed E-state index contributed by atoms with van der Waals surface area (Å²) in [6.07, 6.45) is 4.44. The Balaban J connectivity index is 1.59. The van der Waals surface area contributed by atoms with E-state index in [-0.39, 0.29) is 37.6 Å². The molecule has 2 saturated heterocycles. The van der Waals surface area contributed by atoms with Crippen LogP contribution in [0.4, 0.5) is 0 Å². The third kappa shape index (κ3) is 18.8. The minimum atomic E-state index is -2.29. The summed E-state index contributed by atoms with van der Waals surface area (Å²) >= 11 is 0. The molecule has 0 aromatic rings. The zero-order valence-corrected chi connectivity index (χ0v) is 40.6. The molecule has 4 rings (SSSR count). The van der Waals surface area contributed by atoms with Crippen molar-refractivity contribution in [2.75, 3.05) is 0 Å². The Hall–Kier alpha value is -3.48. The number of cyclic esters (lactones) is 1. The molecule has 3 heterocycles. The van der Waals surface area contributed by atoms with Crippen molar-refractivity contribution in [2.45, 2.75) is 202 Å². The minimum absolute atomic E-state index is 0.100. The largest absolute Gasteiger partial charge is 0.462 e. The lowest BCUT2D eigenvalue weighted by atomic mass is 9.81. The molecule has 4 aliphatic rings. The third-order valence-electron chi connectivity index (χ3n) is 13.5. The highest BCUT2D eigenvalue weighted by Gasteiger charge is 2.51. The maximum Gasteiger partial charge on any atom is 0.308 e. The average Bonchev–Trinajstić information content (AvgIpc) is 3.27. The van der Waals surface area contributed by atoms with Gasteiger partial charge in [0.1, 0.15) is 12.2 Å². The van der Waals surface area contributed by atoms with Gasteiger partial charge in [0.05, 0.1) is 91.6 Å². The van der Waals surface area contributed by atoms with Crippen LogP contribution in [-0.4, -0.2) is 178 Å². The van der Waals surface area contributed by atoms with Crippen molar-refractivity contribution < 1.29 is 84.7 Å². The summed E-state index contributed by atoms with van der Waals surface area (Å²) in [5.41, 5.74) is 6.10. The summed E-state index contributed by atoms with van der Waals surface area (Å²) in [5, 5.41) is 122. The Kier molecular flexibility index (Phi) is 24.2. The third-order valence-corrected chi connectivity index (χ3v) is 13.5. The van der Waals surface area contributed by atoms with Crippen molar-refractivity contribution in [1.82, 2.24) is 5.32 Å². The minimum Gasteiger partial charge on any atom is -0.462 e. The first-order valence-electron chi connectivity index (χ1n) is 24.5. The molecule has 1 saturated carbocycles. The van der Waals surface area contributed by atoms with E-state index in [2.05, 4.69) is 5.32 Å². The van der Waals surface area contributed by atoms with E-state index in [0.717, 1.165) is 0 Å². The molecule has 0 spiro atoms. The molecule has 3 fully saturated rings. The van der Waals surface area contributed by atoms with E-state index >= 15 is 0 Å². The monoisotopic (exact) mass is 993 g/mol. The fraction of sp³-hybridized carbons (Fsp3) is 0.686. The highest BCUT2D eigenvalue weighted by molar-refractivity contribution is 5.80. The first kappa shape index (κ1) is 59.1. The fourth-order valence-electron chi connectivity index (χ4n) is 8.99. The number of fused-ring (bicyclic) bond motifs is 2. The zero-order valence-electron chi connectivity index (χ0n) is 40.6. The van der Waals surface area contributed by atoms with Gasteiger partial charge in [-0.3, -0.25) is 9.59 Å². The molecule has 2 bridgehead atoms. The predicted octanol–water partition coefficient (Wildman–Crippen LogP) is 0.267.